The van der Waals surface area contributed by atoms with E-state index in [1.165, 1.54) is 6.21 Å². The summed E-state index contributed by atoms with van der Waals surface area (Å²) in [5.41, 5.74) is 2.90. The first-order chi connectivity index (χ1) is 8.66. The molecule has 0 aliphatic heterocycles. The number of rotatable bonds is 3. The highest BCUT2D eigenvalue weighted by molar-refractivity contribution is 14.1. The Labute approximate surface area is 125 Å². The molecule has 1 N–H and O–H groups in total. The Morgan fingerprint density at radius 2 is 2.22 bits per heavy atom. The van der Waals surface area contributed by atoms with E-state index in [-0.39, 0.29) is 5.91 Å². The topological polar surface area (TPSA) is 67.5 Å². The number of hydrogen-bond acceptors (Lipinski definition) is 4. The van der Waals surface area contributed by atoms with E-state index in [0.29, 0.717) is 11.3 Å². The fraction of sp³-hybridized carbons (Fsp3) is 0. The third-order valence-corrected chi connectivity index (χ3v) is 4.10. The van der Waals surface area contributed by atoms with Crippen LogP contribution in [0.5, 0.6) is 0 Å². The van der Waals surface area contributed by atoms with Crippen molar-refractivity contribution in [3.8, 4) is 0 Å². The molecule has 0 aliphatic carbocycles. The molecule has 0 bridgehead atoms. The number of furan rings is 1. The largest absolute Gasteiger partial charge is 0.448 e. The first-order valence-electron chi connectivity index (χ1n) is 4.85. The van der Waals surface area contributed by atoms with Gasteiger partial charge in [0, 0.05) is 46.6 Å². The number of nitrogens with one attached hydrogen (secondary N) is 1. The zero-order valence-electron chi connectivity index (χ0n) is 8.93. The van der Waals surface area contributed by atoms with Crippen LogP contribution in [0.3, 0.4) is 0 Å². The lowest BCUT2D eigenvalue weighted by Gasteiger charge is -1.97. The number of hydrogen-bond donors (Lipinski definition) is 1. The molecule has 2 rings (SSSR count). The molecule has 2 aromatic heterocycles. The highest BCUT2D eigenvalue weighted by atomic mass is 127. The second kappa shape index (κ2) is 6.10. The van der Waals surface area contributed by atoms with Crippen molar-refractivity contribution in [2.45, 2.75) is 0 Å². The smallest absolute Gasteiger partial charge is 0.271 e. The van der Waals surface area contributed by atoms with E-state index >= 15 is 0 Å². The molecule has 1 amide bonds. The SMILES string of the molecule is O=C(N/N=C\c1cc(Br)c(I)o1)c1ccncc1. The van der Waals surface area contributed by atoms with E-state index in [2.05, 4.69) is 54.0 Å². The number of carbonyl (C=O) groups excluding carboxylic acids is 1. The Bertz CT molecular complexity index is 564. The molecule has 0 saturated heterocycles. The second-order valence-corrected chi connectivity index (χ2v) is 5.04. The Hall–Kier alpha value is -1.22. The molecule has 92 valence electrons. The molecule has 0 spiro atoms. The van der Waals surface area contributed by atoms with Gasteiger partial charge in [-0.05, 0) is 28.1 Å². The van der Waals surface area contributed by atoms with Gasteiger partial charge in [0.25, 0.3) is 5.91 Å². The van der Waals surface area contributed by atoms with Crippen LogP contribution in [0, 0.1) is 3.77 Å². The minimum atomic E-state index is -0.297. The van der Waals surface area contributed by atoms with Crippen LogP contribution < -0.4 is 5.43 Å². The highest BCUT2D eigenvalue weighted by Gasteiger charge is 2.04. The first kappa shape index (κ1) is 13.2. The quantitative estimate of drug-likeness (QED) is 0.472. The molecule has 0 unspecified atom stereocenters. The van der Waals surface area contributed by atoms with Crippen molar-refractivity contribution in [3.05, 3.63) is 50.2 Å². The van der Waals surface area contributed by atoms with Gasteiger partial charge in [0.2, 0.25) is 0 Å². The fourth-order valence-corrected chi connectivity index (χ4v) is 1.87. The zero-order valence-corrected chi connectivity index (χ0v) is 12.7. The molecule has 7 heteroatoms. The average Bonchev–Trinajstić information content (AvgIpc) is 2.69. The minimum Gasteiger partial charge on any atom is -0.448 e. The third kappa shape index (κ3) is 3.39. The van der Waals surface area contributed by atoms with Crippen molar-refractivity contribution in [2.75, 3.05) is 0 Å². The standard InChI is InChI=1S/C11H7BrIN3O2/c12-9-5-8(18-10(9)13)6-15-16-11(17)7-1-3-14-4-2-7/h1-6H,(H,16,17)/b15-6-. The van der Waals surface area contributed by atoms with Gasteiger partial charge >= 0.3 is 0 Å². The number of nitrogens with zero attached hydrogens (tertiary/aromatic N) is 2. The lowest BCUT2D eigenvalue weighted by molar-refractivity contribution is 0.0955. The fourth-order valence-electron chi connectivity index (χ4n) is 1.15. The van der Waals surface area contributed by atoms with E-state index in [1.54, 1.807) is 30.6 Å². The van der Waals surface area contributed by atoms with Crippen molar-refractivity contribution < 1.29 is 9.21 Å². The summed E-state index contributed by atoms with van der Waals surface area (Å²) >= 11 is 5.37. The maximum absolute atomic E-state index is 11.6. The van der Waals surface area contributed by atoms with Gasteiger partial charge in [-0.25, -0.2) is 5.43 Å². The summed E-state index contributed by atoms with van der Waals surface area (Å²) in [5.74, 6) is 0.260. The maximum Gasteiger partial charge on any atom is 0.271 e. The maximum atomic E-state index is 11.6. The molecular formula is C11H7BrIN3O2. The molecule has 2 heterocycles. The molecule has 0 atom stereocenters. The highest BCUT2D eigenvalue weighted by Crippen LogP contribution is 2.21. The summed E-state index contributed by atoms with van der Waals surface area (Å²) in [4.78, 5) is 15.4. The van der Waals surface area contributed by atoms with Gasteiger partial charge in [-0.2, -0.15) is 5.10 Å². The van der Waals surface area contributed by atoms with Crippen molar-refractivity contribution in [3.63, 3.8) is 0 Å². The number of hydrazone groups is 1. The van der Waals surface area contributed by atoms with Gasteiger partial charge in [-0.1, -0.05) is 0 Å². The lowest BCUT2D eigenvalue weighted by Crippen LogP contribution is -2.17. The van der Waals surface area contributed by atoms with Gasteiger partial charge in [0.15, 0.2) is 3.77 Å². The summed E-state index contributed by atoms with van der Waals surface area (Å²) in [6, 6.07) is 4.98. The number of pyridine rings is 1. The molecule has 2 aromatic rings. The number of halogens is 2. The van der Waals surface area contributed by atoms with Crippen LogP contribution >= 0.6 is 38.5 Å². The van der Waals surface area contributed by atoms with Crippen LogP contribution in [0.2, 0.25) is 0 Å². The molecule has 0 radical (unpaired) electrons. The van der Waals surface area contributed by atoms with E-state index in [4.69, 9.17) is 4.42 Å². The van der Waals surface area contributed by atoms with Crippen LogP contribution in [0.25, 0.3) is 0 Å². The summed E-state index contributed by atoms with van der Waals surface area (Å²) in [5, 5.41) is 3.81. The predicted molar refractivity (Wildman–Crippen MR) is 78.4 cm³/mol. The zero-order chi connectivity index (χ0) is 13.0. The van der Waals surface area contributed by atoms with Crippen LogP contribution in [0.4, 0.5) is 0 Å². The molecule has 0 aliphatic rings. The number of amides is 1. The predicted octanol–water partition coefficient (Wildman–Crippen LogP) is 2.81. The van der Waals surface area contributed by atoms with Crippen LogP contribution in [-0.4, -0.2) is 17.1 Å². The Kier molecular flexibility index (Phi) is 4.48. The molecule has 5 nitrogen and oxygen atoms in total. The van der Waals surface area contributed by atoms with Gasteiger partial charge in [-0.15, -0.1) is 0 Å². The molecular weight excluding hydrogens is 413 g/mol. The molecule has 18 heavy (non-hydrogen) atoms. The van der Waals surface area contributed by atoms with Crippen LogP contribution in [-0.2, 0) is 0 Å². The number of carbonyl (C=O) groups is 1. The molecule has 0 saturated carbocycles. The summed E-state index contributed by atoms with van der Waals surface area (Å²) in [7, 11) is 0. The van der Waals surface area contributed by atoms with E-state index in [0.717, 1.165) is 8.24 Å². The molecule has 0 fully saturated rings. The van der Waals surface area contributed by atoms with Crippen molar-refractivity contribution in [1.82, 2.24) is 10.4 Å². The van der Waals surface area contributed by atoms with E-state index < -0.39 is 0 Å². The van der Waals surface area contributed by atoms with E-state index in [1.807, 2.05) is 0 Å². The first-order valence-corrected chi connectivity index (χ1v) is 6.72. The second-order valence-electron chi connectivity index (χ2n) is 3.21. The summed E-state index contributed by atoms with van der Waals surface area (Å²) in [6.07, 6.45) is 4.53. The van der Waals surface area contributed by atoms with Gasteiger partial charge in [-0.3, -0.25) is 9.78 Å². The Morgan fingerprint density at radius 1 is 1.50 bits per heavy atom. The van der Waals surface area contributed by atoms with E-state index in [9.17, 15) is 4.79 Å². The normalized spacial score (nSPS) is 10.8. The average molecular weight is 420 g/mol. The van der Waals surface area contributed by atoms with Gasteiger partial charge in [0.05, 0.1) is 10.7 Å². The van der Waals surface area contributed by atoms with Gasteiger partial charge < -0.3 is 4.42 Å². The van der Waals surface area contributed by atoms with Crippen LogP contribution in [0.15, 0.2) is 44.6 Å². The Morgan fingerprint density at radius 3 is 2.83 bits per heavy atom. The summed E-state index contributed by atoms with van der Waals surface area (Å²) in [6.45, 7) is 0. The van der Waals surface area contributed by atoms with Crippen molar-refractivity contribution in [2.24, 2.45) is 5.10 Å². The lowest BCUT2D eigenvalue weighted by atomic mass is 10.3. The third-order valence-electron chi connectivity index (χ3n) is 1.96. The Balaban J connectivity index is 1.98. The monoisotopic (exact) mass is 419 g/mol. The molecule has 0 aromatic carbocycles. The van der Waals surface area contributed by atoms with Crippen LogP contribution in [0.1, 0.15) is 16.1 Å². The van der Waals surface area contributed by atoms with Crippen molar-refractivity contribution in [1.29, 1.82) is 0 Å². The summed E-state index contributed by atoms with van der Waals surface area (Å²) < 4.78 is 6.91. The number of aromatic nitrogens is 1. The van der Waals surface area contributed by atoms with Crippen molar-refractivity contribution >= 4 is 50.6 Å². The van der Waals surface area contributed by atoms with Gasteiger partial charge in [0.1, 0.15) is 5.76 Å². The minimum absolute atomic E-state index is 0.297.